The molecule has 0 spiro atoms. The van der Waals surface area contributed by atoms with Crippen molar-refractivity contribution >= 4 is 38.6 Å². The van der Waals surface area contributed by atoms with Gasteiger partial charge in [-0.15, -0.1) is 11.6 Å². The van der Waals surface area contributed by atoms with Gasteiger partial charge in [0.05, 0.1) is 11.0 Å². The van der Waals surface area contributed by atoms with Crippen molar-refractivity contribution in [2.45, 2.75) is 40.7 Å². The number of alkyl halides is 1. The summed E-state index contributed by atoms with van der Waals surface area (Å²) >= 11 is 9.54. The van der Waals surface area contributed by atoms with Crippen molar-refractivity contribution in [3.8, 4) is 0 Å². The molecule has 0 atom stereocenters. The molecular formula is C17H24BrClN2. The lowest BCUT2D eigenvalue weighted by Gasteiger charge is -2.26. The normalized spacial score (nSPS) is 12.2. The standard InChI is InChI=1S/C17H24BrClN2/c1-11(2)14(12(3)4)10-21-16-9-13(18)5-6-15(16)20-17(21)7-8-19/h5-6,9,11-12,14H,7-8,10H2,1-4H3. The Morgan fingerprint density at radius 2 is 1.86 bits per heavy atom. The minimum Gasteiger partial charge on any atom is -0.328 e. The highest BCUT2D eigenvalue weighted by Crippen LogP contribution is 2.27. The zero-order chi connectivity index (χ0) is 15.6. The summed E-state index contributed by atoms with van der Waals surface area (Å²) in [5, 5.41) is 0. The van der Waals surface area contributed by atoms with E-state index in [9.17, 15) is 0 Å². The predicted molar refractivity (Wildman–Crippen MR) is 95.0 cm³/mol. The van der Waals surface area contributed by atoms with Gasteiger partial charge in [-0.1, -0.05) is 43.6 Å². The average Bonchev–Trinajstić information content (AvgIpc) is 2.72. The van der Waals surface area contributed by atoms with Gasteiger partial charge >= 0.3 is 0 Å². The first-order chi connectivity index (χ1) is 9.93. The maximum absolute atomic E-state index is 5.97. The van der Waals surface area contributed by atoms with E-state index in [0.29, 0.717) is 23.6 Å². The molecule has 0 saturated heterocycles. The second kappa shape index (κ2) is 7.15. The molecule has 0 bridgehead atoms. The Balaban J connectivity index is 2.48. The van der Waals surface area contributed by atoms with Crippen LogP contribution < -0.4 is 0 Å². The van der Waals surface area contributed by atoms with Gasteiger partial charge in [-0.2, -0.15) is 0 Å². The van der Waals surface area contributed by atoms with Crippen LogP contribution in [0.25, 0.3) is 11.0 Å². The Kier molecular flexibility index (Phi) is 5.73. The molecule has 2 aromatic rings. The van der Waals surface area contributed by atoms with Gasteiger partial charge < -0.3 is 4.57 Å². The van der Waals surface area contributed by atoms with Crippen LogP contribution in [-0.4, -0.2) is 15.4 Å². The Labute approximate surface area is 141 Å². The molecule has 0 amide bonds. The van der Waals surface area contributed by atoms with Gasteiger partial charge in [0, 0.05) is 23.3 Å². The molecule has 1 aromatic heterocycles. The second-order valence-corrected chi connectivity index (χ2v) is 7.66. The highest BCUT2D eigenvalue weighted by atomic mass is 79.9. The van der Waals surface area contributed by atoms with Crippen molar-refractivity contribution < 1.29 is 0 Å². The average molecular weight is 372 g/mol. The summed E-state index contributed by atoms with van der Waals surface area (Å²) < 4.78 is 3.46. The van der Waals surface area contributed by atoms with Crippen molar-refractivity contribution in [2.75, 3.05) is 5.88 Å². The van der Waals surface area contributed by atoms with E-state index >= 15 is 0 Å². The molecule has 2 rings (SSSR count). The van der Waals surface area contributed by atoms with E-state index in [1.807, 2.05) is 6.07 Å². The molecule has 0 aliphatic heterocycles. The third-order valence-electron chi connectivity index (χ3n) is 4.21. The Hall–Kier alpha value is -0.540. The van der Waals surface area contributed by atoms with Crippen LogP contribution in [0.5, 0.6) is 0 Å². The quantitative estimate of drug-likeness (QED) is 0.612. The number of hydrogen-bond acceptors (Lipinski definition) is 1. The monoisotopic (exact) mass is 370 g/mol. The molecule has 0 aliphatic carbocycles. The zero-order valence-electron chi connectivity index (χ0n) is 13.2. The molecule has 0 unspecified atom stereocenters. The topological polar surface area (TPSA) is 17.8 Å². The fourth-order valence-corrected chi connectivity index (χ4v) is 3.55. The molecule has 1 aromatic carbocycles. The van der Waals surface area contributed by atoms with E-state index in [1.54, 1.807) is 0 Å². The summed E-state index contributed by atoms with van der Waals surface area (Å²) in [5.41, 5.74) is 2.26. The second-order valence-electron chi connectivity index (χ2n) is 6.36. The molecular weight excluding hydrogens is 348 g/mol. The third kappa shape index (κ3) is 3.81. The zero-order valence-corrected chi connectivity index (χ0v) is 15.6. The molecule has 0 aliphatic rings. The number of halogens is 2. The fourth-order valence-electron chi connectivity index (χ4n) is 3.03. The number of rotatable bonds is 6. The van der Waals surface area contributed by atoms with Crippen molar-refractivity contribution in [1.82, 2.24) is 9.55 Å². The smallest absolute Gasteiger partial charge is 0.111 e. The van der Waals surface area contributed by atoms with Crippen LogP contribution in [-0.2, 0) is 13.0 Å². The Morgan fingerprint density at radius 3 is 2.43 bits per heavy atom. The van der Waals surface area contributed by atoms with Gasteiger partial charge in [0.2, 0.25) is 0 Å². The number of fused-ring (bicyclic) bond motifs is 1. The number of benzene rings is 1. The van der Waals surface area contributed by atoms with E-state index < -0.39 is 0 Å². The summed E-state index contributed by atoms with van der Waals surface area (Å²) in [6.45, 7) is 10.2. The number of hydrogen-bond donors (Lipinski definition) is 0. The highest BCUT2D eigenvalue weighted by molar-refractivity contribution is 9.10. The Bertz CT molecular complexity index is 596. The molecule has 0 fully saturated rings. The lowest BCUT2D eigenvalue weighted by molar-refractivity contribution is 0.252. The lowest BCUT2D eigenvalue weighted by Crippen LogP contribution is -2.23. The van der Waals surface area contributed by atoms with Crippen LogP contribution in [0.15, 0.2) is 22.7 Å². The summed E-state index contributed by atoms with van der Waals surface area (Å²) in [7, 11) is 0. The Morgan fingerprint density at radius 1 is 1.19 bits per heavy atom. The number of aromatic nitrogens is 2. The number of aryl methyl sites for hydroxylation is 1. The van der Waals surface area contributed by atoms with E-state index in [2.05, 4.69) is 60.3 Å². The van der Waals surface area contributed by atoms with Gasteiger partial charge in [0.1, 0.15) is 5.82 Å². The van der Waals surface area contributed by atoms with Gasteiger partial charge in [-0.25, -0.2) is 4.98 Å². The number of nitrogens with zero attached hydrogens (tertiary/aromatic N) is 2. The first kappa shape index (κ1) is 16.8. The minimum atomic E-state index is 0.610. The summed E-state index contributed by atoms with van der Waals surface area (Å²) in [6, 6.07) is 6.29. The fraction of sp³-hybridized carbons (Fsp3) is 0.588. The molecule has 0 N–H and O–H groups in total. The molecule has 116 valence electrons. The lowest BCUT2D eigenvalue weighted by atomic mass is 9.85. The SMILES string of the molecule is CC(C)C(Cn1c(CCCl)nc2ccc(Br)cc21)C(C)C. The first-order valence-corrected chi connectivity index (χ1v) is 8.97. The predicted octanol–water partition coefficient (Wildman–Crippen LogP) is 5.51. The summed E-state index contributed by atoms with van der Waals surface area (Å²) in [6.07, 6.45) is 0.816. The largest absolute Gasteiger partial charge is 0.328 e. The van der Waals surface area contributed by atoms with Gasteiger partial charge in [0.25, 0.3) is 0 Å². The van der Waals surface area contributed by atoms with Crippen LogP contribution in [0.1, 0.15) is 33.5 Å². The van der Waals surface area contributed by atoms with E-state index in [1.165, 1.54) is 5.52 Å². The van der Waals surface area contributed by atoms with Crippen molar-refractivity contribution in [3.63, 3.8) is 0 Å². The van der Waals surface area contributed by atoms with Crippen molar-refractivity contribution in [1.29, 1.82) is 0 Å². The van der Waals surface area contributed by atoms with Crippen LogP contribution in [0, 0.1) is 17.8 Å². The molecule has 21 heavy (non-hydrogen) atoms. The van der Waals surface area contributed by atoms with Crippen molar-refractivity contribution in [2.24, 2.45) is 17.8 Å². The highest BCUT2D eigenvalue weighted by Gasteiger charge is 2.21. The molecule has 1 heterocycles. The maximum Gasteiger partial charge on any atom is 0.111 e. The minimum absolute atomic E-state index is 0.610. The molecule has 0 radical (unpaired) electrons. The van der Waals surface area contributed by atoms with Crippen LogP contribution >= 0.6 is 27.5 Å². The van der Waals surface area contributed by atoms with Crippen molar-refractivity contribution in [3.05, 3.63) is 28.5 Å². The van der Waals surface area contributed by atoms with Gasteiger partial charge in [0.15, 0.2) is 0 Å². The van der Waals surface area contributed by atoms with Crippen LogP contribution in [0.2, 0.25) is 0 Å². The molecule has 2 nitrogen and oxygen atoms in total. The summed E-state index contributed by atoms with van der Waals surface area (Å²) in [5.74, 6) is 3.65. The maximum atomic E-state index is 5.97. The van der Waals surface area contributed by atoms with Gasteiger partial charge in [-0.3, -0.25) is 0 Å². The van der Waals surface area contributed by atoms with E-state index in [-0.39, 0.29) is 0 Å². The summed E-state index contributed by atoms with van der Waals surface area (Å²) in [4.78, 5) is 4.77. The van der Waals surface area contributed by atoms with E-state index in [4.69, 9.17) is 16.6 Å². The van der Waals surface area contributed by atoms with E-state index in [0.717, 1.165) is 28.8 Å². The van der Waals surface area contributed by atoms with Gasteiger partial charge in [-0.05, 0) is 36.0 Å². The first-order valence-electron chi connectivity index (χ1n) is 7.64. The molecule has 4 heteroatoms. The van der Waals surface area contributed by atoms with Crippen LogP contribution in [0.3, 0.4) is 0 Å². The third-order valence-corrected chi connectivity index (χ3v) is 4.90. The molecule has 0 saturated carbocycles. The van der Waals surface area contributed by atoms with Crippen LogP contribution in [0.4, 0.5) is 0 Å². The number of imidazole rings is 1.